The number of aromatic nitrogens is 2. The largest absolute Gasteiger partial charge is 0.355 e. The number of hydrogen-bond acceptors (Lipinski definition) is 7. The highest BCUT2D eigenvalue weighted by molar-refractivity contribution is 7.10. The number of thiophene rings is 1. The standard InChI is InChI=1S/C20H31N7S2/c1-4-18-23-20(29-24-18)26-10-8-25(9-11-26)19(21-3)22-13-15(2)27-7-5-17-16(14-27)6-12-28-17/h6,12,15H,4-5,7-11,13-14H2,1-3H3,(H,21,22). The molecule has 0 aliphatic carbocycles. The van der Waals surface area contributed by atoms with Crippen LogP contribution in [-0.2, 0) is 19.4 Å². The molecule has 0 amide bonds. The summed E-state index contributed by atoms with van der Waals surface area (Å²) in [7, 11) is 1.89. The zero-order valence-corrected chi connectivity index (χ0v) is 19.2. The average Bonchev–Trinajstić information content (AvgIpc) is 3.43. The van der Waals surface area contributed by atoms with E-state index < -0.39 is 0 Å². The molecule has 4 rings (SSSR count). The number of aliphatic imine (C=N–C) groups is 1. The number of aryl methyl sites for hydroxylation is 1. The third-order valence-corrected chi connectivity index (χ3v) is 7.69. The van der Waals surface area contributed by atoms with Crippen molar-refractivity contribution in [2.75, 3.05) is 51.2 Å². The van der Waals surface area contributed by atoms with Gasteiger partial charge in [0.15, 0.2) is 5.96 Å². The fourth-order valence-electron chi connectivity index (χ4n) is 3.97. The first kappa shape index (κ1) is 20.6. The number of guanidine groups is 1. The van der Waals surface area contributed by atoms with Gasteiger partial charge in [0.25, 0.3) is 0 Å². The van der Waals surface area contributed by atoms with Gasteiger partial charge in [-0.15, -0.1) is 11.3 Å². The first-order valence-electron chi connectivity index (χ1n) is 10.5. The summed E-state index contributed by atoms with van der Waals surface area (Å²) < 4.78 is 4.42. The molecule has 2 aromatic rings. The van der Waals surface area contributed by atoms with Crippen molar-refractivity contribution >= 4 is 34.0 Å². The van der Waals surface area contributed by atoms with Gasteiger partial charge in [0.05, 0.1) is 0 Å². The Hall–Kier alpha value is -1.71. The predicted molar refractivity (Wildman–Crippen MR) is 122 cm³/mol. The van der Waals surface area contributed by atoms with Crippen molar-refractivity contribution < 1.29 is 0 Å². The molecule has 0 bridgehead atoms. The molecule has 1 N–H and O–H groups in total. The third-order valence-electron chi connectivity index (χ3n) is 5.85. The van der Waals surface area contributed by atoms with Crippen molar-refractivity contribution in [3.63, 3.8) is 0 Å². The van der Waals surface area contributed by atoms with Crippen LogP contribution in [0.25, 0.3) is 0 Å². The van der Waals surface area contributed by atoms with E-state index in [2.05, 4.69) is 59.7 Å². The van der Waals surface area contributed by atoms with Crippen molar-refractivity contribution in [1.29, 1.82) is 0 Å². The molecule has 1 atom stereocenters. The molecule has 1 saturated heterocycles. The highest BCUT2D eigenvalue weighted by atomic mass is 32.1. The van der Waals surface area contributed by atoms with E-state index in [1.807, 2.05) is 18.4 Å². The van der Waals surface area contributed by atoms with Gasteiger partial charge in [-0.3, -0.25) is 9.89 Å². The van der Waals surface area contributed by atoms with E-state index >= 15 is 0 Å². The summed E-state index contributed by atoms with van der Waals surface area (Å²) in [6.07, 6.45) is 2.08. The Morgan fingerprint density at radius 2 is 2.10 bits per heavy atom. The Kier molecular flexibility index (Phi) is 6.67. The van der Waals surface area contributed by atoms with Crippen LogP contribution in [0, 0.1) is 0 Å². The van der Waals surface area contributed by atoms with Crippen LogP contribution in [0.15, 0.2) is 16.4 Å². The van der Waals surface area contributed by atoms with Crippen LogP contribution < -0.4 is 10.2 Å². The van der Waals surface area contributed by atoms with Crippen LogP contribution in [0.1, 0.15) is 30.1 Å². The lowest BCUT2D eigenvalue weighted by Gasteiger charge is -2.37. The molecule has 4 heterocycles. The number of anilines is 1. The number of nitrogens with one attached hydrogen (secondary N) is 1. The molecule has 2 aliphatic heterocycles. The maximum absolute atomic E-state index is 4.63. The van der Waals surface area contributed by atoms with E-state index in [-0.39, 0.29) is 0 Å². The topological polar surface area (TPSA) is 59.9 Å². The summed E-state index contributed by atoms with van der Waals surface area (Å²) in [5.74, 6) is 1.96. The second kappa shape index (κ2) is 9.40. The zero-order valence-electron chi connectivity index (χ0n) is 17.6. The molecule has 1 unspecified atom stereocenters. The summed E-state index contributed by atoms with van der Waals surface area (Å²) >= 11 is 3.42. The van der Waals surface area contributed by atoms with Crippen LogP contribution in [0.2, 0.25) is 0 Å². The highest BCUT2D eigenvalue weighted by Crippen LogP contribution is 2.25. The molecule has 9 heteroatoms. The summed E-state index contributed by atoms with van der Waals surface area (Å²) in [6.45, 7) is 11.4. The molecule has 0 aromatic carbocycles. The first-order valence-corrected chi connectivity index (χ1v) is 12.2. The fourth-order valence-corrected chi connectivity index (χ4v) is 5.66. The molecule has 1 fully saturated rings. The molecule has 0 radical (unpaired) electrons. The maximum atomic E-state index is 4.63. The van der Waals surface area contributed by atoms with E-state index in [0.29, 0.717) is 6.04 Å². The van der Waals surface area contributed by atoms with E-state index in [1.165, 1.54) is 23.5 Å². The molecule has 0 saturated carbocycles. The lowest BCUT2D eigenvalue weighted by Crippen LogP contribution is -2.54. The van der Waals surface area contributed by atoms with E-state index in [9.17, 15) is 0 Å². The normalized spacial score (nSPS) is 19.3. The molecule has 2 aliphatic rings. The van der Waals surface area contributed by atoms with Gasteiger partial charge in [-0.25, -0.2) is 4.98 Å². The van der Waals surface area contributed by atoms with Crippen LogP contribution in [0.5, 0.6) is 0 Å². The molecule has 29 heavy (non-hydrogen) atoms. The van der Waals surface area contributed by atoms with Crippen LogP contribution in [0.3, 0.4) is 0 Å². The minimum absolute atomic E-state index is 0.481. The number of piperazine rings is 1. The molecule has 2 aromatic heterocycles. The summed E-state index contributed by atoms with van der Waals surface area (Å²) in [5.41, 5.74) is 1.51. The Bertz CT molecular complexity index is 822. The number of fused-ring (bicyclic) bond motifs is 1. The molecule has 158 valence electrons. The smallest absolute Gasteiger partial charge is 0.205 e. The second-order valence-electron chi connectivity index (χ2n) is 7.69. The maximum Gasteiger partial charge on any atom is 0.205 e. The van der Waals surface area contributed by atoms with Crippen molar-refractivity contribution in [2.45, 2.75) is 39.3 Å². The summed E-state index contributed by atoms with van der Waals surface area (Å²) in [6, 6.07) is 2.77. The quantitative estimate of drug-likeness (QED) is 0.577. The van der Waals surface area contributed by atoms with Crippen molar-refractivity contribution in [3.8, 4) is 0 Å². The lowest BCUT2D eigenvalue weighted by molar-refractivity contribution is 0.191. The van der Waals surface area contributed by atoms with Gasteiger partial charge < -0.3 is 15.1 Å². The molecular weight excluding hydrogens is 402 g/mol. The zero-order chi connectivity index (χ0) is 20.2. The average molecular weight is 434 g/mol. The van der Waals surface area contributed by atoms with E-state index in [0.717, 1.165) is 69.1 Å². The lowest BCUT2D eigenvalue weighted by atomic mass is 10.1. The van der Waals surface area contributed by atoms with Gasteiger partial charge >= 0.3 is 0 Å². The van der Waals surface area contributed by atoms with Gasteiger partial charge in [0, 0.05) is 81.7 Å². The fraction of sp³-hybridized carbons (Fsp3) is 0.650. The SMILES string of the molecule is CCc1nsc(N2CCN(C(=NC)NCC(C)N3CCc4sccc4C3)CC2)n1. The Morgan fingerprint density at radius 1 is 1.28 bits per heavy atom. The van der Waals surface area contributed by atoms with Gasteiger partial charge in [-0.2, -0.15) is 4.37 Å². The van der Waals surface area contributed by atoms with Gasteiger partial charge in [0.2, 0.25) is 5.13 Å². The Balaban J connectivity index is 1.25. The van der Waals surface area contributed by atoms with Crippen molar-refractivity contribution in [1.82, 2.24) is 24.5 Å². The van der Waals surface area contributed by atoms with Crippen LogP contribution in [0.4, 0.5) is 5.13 Å². The molecule has 0 spiro atoms. The van der Waals surface area contributed by atoms with Gasteiger partial charge in [-0.05, 0) is 30.4 Å². The molecule has 7 nitrogen and oxygen atoms in total. The van der Waals surface area contributed by atoms with Crippen molar-refractivity contribution in [3.05, 3.63) is 27.7 Å². The minimum Gasteiger partial charge on any atom is -0.355 e. The second-order valence-corrected chi connectivity index (χ2v) is 9.42. The highest BCUT2D eigenvalue weighted by Gasteiger charge is 2.24. The minimum atomic E-state index is 0.481. The van der Waals surface area contributed by atoms with Gasteiger partial charge in [0.1, 0.15) is 5.82 Å². The monoisotopic (exact) mass is 433 g/mol. The third kappa shape index (κ3) is 4.73. The number of rotatable bonds is 5. The van der Waals surface area contributed by atoms with Crippen LogP contribution in [-0.4, -0.2) is 77.5 Å². The molecular formula is C20H31N7S2. The van der Waals surface area contributed by atoms with E-state index in [4.69, 9.17) is 0 Å². The Labute approximate surface area is 181 Å². The van der Waals surface area contributed by atoms with Crippen LogP contribution >= 0.6 is 22.9 Å². The van der Waals surface area contributed by atoms with Crippen molar-refractivity contribution in [2.24, 2.45) is 4.99 Å². The number of nitrogens with zero attached hydrogens (tertiary/aromatic N) is 6. The number of hydrogen-bond donors (Lipinski definition) is 1. The first-order chi connectivity index (χ1) is 14.2. The summed E-state index contributed by atoms with van der Waals surface area (Å²) in [5, 5.41) is 6.89. The Morgan fingerprint density at radius 3 is 2.83 bits per heavy atom. The van der Waals surface area contributed by atoms with E-state index in [1.54, 1.807) is 4.88 Å². The van der Waals surface area contributed by atoms with Gasteiger partial charge in [-0.1, -0.05) is 6.92 Å². The summed E-state index contributed by atoms with van der Waals surface area (Å²) in [4.78, 5) is 18.0. The predicted octanol–water partition coefficient (Wildman–Crippen LogP) is 2.31.